The summed E-state index contributed by atoms with van der Waals surface area (Å²) in [5.41, 5.74) is 3.10. The van der Waals surface area contributed by atoms with Crippen LogP contribution < -0.4 is 10.5 Å². The maximum absolute atomic E-state index is 12.8. The third-order valence-corrected chi connectivity index (χ3v) is 5.35. The topological polar surface area (TPSA) is 82.9 Å². The molecule has 1 aromatic carbocycles. The van der Waals surface area contributed by atoms with E-state index in [1.165, 1.54) is 0 Å². The summed E-state index contributed by atoms with van der Waals surface area (Å²) in [6.45, 7) is 4.69. The van der Waals surface area contributed by atoms with Gasteiger partial charge >= 0.3 is 0 Å². The standard InChI is InChI=1S/C20H25N5O3/c1-13-17-18(26)22-15-7-6-14(19(27)23(2)10-11-28-3)12-16(15)25(17)20(21-13)24-8-4-5-9-24/h6-7,12H,4-5,8-11H2,1-3H3,(H,22,26). The number of fused-ring (bicyclic) bond motifs is 3. The monoisotopic (exact) mass is 383 g/mol. The number of carbonyl (C=O) groups is 1. The molecule has 4 rings (SSSR count). The van der Waals surface area contributed by atoms with E-state index in [1.54, 1.807) is 31.2 Å². The molecule has 0 bridgehead atoms. The Hall–Kier alpha value is -2.87. The maximum atomic E-state index is 12.8. The van der Waals surface area contributed by atoms with Gasteiger partial charge in [-0.3, -0.25) is 14.0 Å². The summed E-state index contributed by atoms with van der Waals surface area (Å²) in [7, 11) is 3.37. The summed E-state index contributed by atoms with van der Waals surface area (Å²) in [5.74, 6) is 0.691. The van der Waals surface area contributed by atoms with Gasteiger partial charge in [0.25, 0.3) is 11.5 Å². The number of hydrogen-bond donors (Lipinski definition) is 1. The van der Waals surface area contributed by atoms with Crippen molar-refractivity contribution >= 4 is 28.4 Å². The van der Waals surface area contributed by atoms with Crippen molar-refractivity contribution in [3.63, 3.8) is 0 Å². The minimum atomic E-state index is -0.167. The highest BCUT2D eigenvalue weighted by molar-refractivity contribution is 5.97. The van der Waals surface area contributed by atoms with Crippen molar-refractivity contribution in [3.8, 4) is 0 Å². The van der Waals surface area contributed by atoms with Crippen LogP contribution in [0.2, 0.25) is 0 Å². The van der Waals surface area contributed by atoms with E-state index in [2.05, 4.69) is 14.9 Å². The maximum Gasteiger partial charge on any atom is 0.274 e. The molecule has 1 aliphatic rings. The number of H-pyrrole nitrogens is 1. The Morgan fingerprint density at radius 3 is 2.79 bits per heavy atom. The number of nitrogens with zero attached hydrogens (tertiary/aromatic N) is 4. The first kappa shape index (κ1) is 18.5. The predicted octanol–water partition coefficient (Wildman–Crippen LogP) is 1.80. The van der Waals surface area contributed by atoms with Crippen LogP contribution in [0.4, 0.5) is 5.95 Å². The summed E-state index contributed by atoms with van der Waals surface area (Å²) in [6.07, 6.45) is 2.23. The molecule has 0 aliphatic carbocycles. The van der Waals surface area contributed by atoms with E-state index in [0.717, 1.165) is 37.4 Å². The number of methoxy groups -OCH3 is 1. The Bertz CT molecular complexity index is 1090. The van der Waals surface area contributed by atoms with E-state index in [0.29, 0.717) is 35.4 Å². The van der Waals surface area contributed by atoms with E-state index in [9.17, 15) is 9.59 Å². The second-order valence-electron chi connectivity index (χ2n) is 7.28. The lowest BCUT2D eigenvalue weighted by Crippen LogP contribution is -2.30. The third-order valence-electron chi connectivity index (χ3n) is 5.35. The first-order valence-corrected chi connectivity index (χ1v) is 9.55. The van der Waals surface area contributed by atoms with Crippen molar-refractivity contribution in [2.75, 3.05) is 45.3 Å². The van der Waals surface area contributed by atoms with E-state index in [1.807, 2.05) is 17.4 Å². The predicted molar refractivity (Wildman–Crippen MR) is 108 cm³/mol. The zero-order valence-corrected chi connectivity index (χ0v) is 16.5. The lowest BCUT2D eigenvalue weighted by atomic mass is 10.1. The van der Waals surface area contributed by atoms with Gasteiger partial charge in [-0.2, -0.15) is 0 Å². The van der Waals surface area contributed by atoms with E-state index < -0.39 is 0 Å². The molecule has 2 aromatic heterocycles. The van der Waals surface area contributed by atoms with Crippen molar-refractivity contribution in [3.05, 3.63) is 39.8 Å². The van der Waals surface area contributed by atoms with Gasteiger partial charge in [-0.1, -0.05) is 0 Å². The van der Waals surface area contributed by atoms with Gasteiger partial charge in [0.2, 0.25) is 5.95 Å². The summed E-state index contributed by atoms with van der Waals surface area (Å²) < 4.78 is 6.97. The molecule has 148 valence electrons. The molecule has 0 atom stereocenters. The Kier molecular flexibility index (Phi) is 4.80. The third kappa shape index (κ3) is 3.03. The molecule has 8 nitrogen and oxygen atoms in total. The molecule has 0 radical (unpaired) electrons. The molecule has 3 aromatic rings. The number of aromatic amines is 1. The number of amides is 1. The van der Waals surface area contributed by atoms with Crippen LogP contribution in [0.3, 0.4) is 0 Å². The van der Waals surface area contributed by atoms with Gasteiger partial charge in [0.05, 0.1) is 23.3 Å². The fourth-order valence-electron chi connectivity index (χ4n) is 3.83. The van der Waals surface area contributed by atoms with Crippen LogP contribution in [0.5, 0.6) is 0 Å². The van der Waals surface area contributed by atoms with E-state index >= 15 is 0 Å². The number of aryl methyl sites for hydroxylation is 1. The van der Waals surface area contributed by atoms with Crippen LogP contribution in [0.15, 0.2) is 23.0 Å². The normalized spacial score (nSPS) is 14.3. The number of aromatic nitrogens is 3. The molecule has 0 spiro atoms. The molecule has 8 heteroatoms. The van der Waals surface area contributed by atoms with Crippen LogP contribution in [0, 0.1) is 6.92 Å². The molecule has 1 aliphatic heterocycles. The largest absolute Gasteiger partial charge is 0.383 e. The van der Waals surface area contributed by atoms with E-state index in [4.69, 9.17) is 4.74 Å². The molecule has 1 amide bonds. The number of ether oxygens (including phenoxy) is 1. The van der Waals surface area contributed by atoms with Gasteiger partial charge in [-0.25, -0.2) is 4.98 Å². The van der Waals surface area contributed by atoms with Crippen molar-refractivity contribution in [1.82, 2.24) is 19.3 Å². The average Bonchev–Trinajstić information content (AvgIpc) is 3.33. The van der Waals surface area contributed by atoms with Crippen molar-refractivity contribution < 1.29 is 9.53 Å². The first-order chi connectivity index (χ1) is 13.5. The van der Waals surface area contributed by atoms with Crippen LogP contribution in [0.1, 0.15) is 28.9 Å². The highest BCUT2D eigenvalue weighted by atomic mass is 16.5. The molecule has 1 fully saturated rings. The van der Waals surface area contributed by atoms with Gasteiger partial charge in [-0.15, -0.1) is 0 Å². The van der Waals surface area contributed by atoms with Gasteiger partial charge in [0.15, 0.2) is 0 Å². The zero-order chi connectivity index (χ0) is 19.8. The van der Waals surface area contributed by atoms with Crippen molar-refractivity contribution in [2.24, 2.45) is 0 Å². The number of rotatable bonds is 5. The second kappa shape index (κ2) is 7.27. The minimum absolute atomic E-state index is 0.0853. The van der Waals surface area contributed by atoms with Crippen LogP contribution >= 0.6 is 0 Å². The molecule has 3 heterocycles. The quantitative estimate of drug-likeness (QED) is 0.726. The lowest BCUT2D eigenvalue weighted by Gasteiger charge is -2.18. The van der Waals surface area contributed by atoms with Crippen LogP contribution in [-0.4, -0.2) is 65.6 Å². The highest BCUT2D eigenvalue weighted by Crippen LogP contribution is 2.26. The van der Waals surface area contributed by atoms with Crippen LogP contribution in [0.25, 0.3) is 16.6 Å². The number of imidazole rings is 1. The van der Waals surface area contributed by atoms with Gasteiger partial charge in [0, 0.05) is 39.4 Å². The van der Waals surface area contributed by atoms with Gasteiger partial charge < -0.3 is 19.5 Å². The number of likely N-dealkylation sites (N-methyl/N-ethyl adjacent to an activating group) is 1. The van der Waals surface area contributed by atoms with Crippen molar-refractivity contribution in [2.45, 2.75) is 19.8 Å². The Balaban J connectivity index is 1.89. The summed E-state index contributed by atoms with van der Waals surface area (Å²) >= 11 is 0. The smallest absolute Gasteiger partial charge is 0.274 e. The zero-order valence-electron chi connectivity index (χ0n) is 16.5. The highest BCUT2D eigenvalue weighted by Gasteiger charge is 2.22. The molecular formula is C20H25N5O3. The SMILES string of the molecule is COCCN(C)C(=O)c1ccc2[nH]c(=O)c3c(C)nc(N4CCCC4)n3c2c1. The Labute approximate surface area is 162 Å². The fourth-order valence-corrected chi connectivity index (χ4v) is 3.83. The summed E-state index contributed by atoms with van der Waals surface area (Å²) in [6, 6.07) is 5.37. The Morgan fingerprint density at radius 1 is 1.32 bits per heavy atom. The molecule has 1 N–H and O–H groups in total. The first-order valence-electron chi connectivity index (χ1n) is 9.55. The van der Waals surface area contributed by atoms with Gasteiger partial charge in [0.1, 0.15) is 5.52 Å². The number of carbonyl (C=O) groups excluding carboxylic acids is 1. The van der Waals surface area contributed by atoms with Crippen LogP contribution in [-0.2, 0) is 4.74 Å². The molecule has 1 saturated heterocycles. The number of benzene rings is 1. The fraction of sp³-hybridized carbons (Fsp3) is 0.450. The van der Waals surface area contributed by atoms with E-state index in [-0.39, 0.29) is 11.5 Å². The molecule has 0 unspecified atom stereocenters. The minimum Gasteiger partial charge on any atom is -0.383 e. The average molecular weight is 383 g/mol. The number of nitrogens with one attached hydrogen (secondary N) is 1. The second-order valence-corrected chi connectivity index (χ2v) is 7.28. The molecule has 28 heavy (non-hydrogen) atoms. The molecule has 0 saturated carbocycles. The summed E-state index contributed by atoms with van der Waals surface area (Å²) in [5, 5.41) is 0. The Morgan fingerprint density at radius 2 is 2.07 bits per heavy atom. The van der Waals surface area contributed by atoms with Gasteiger partial charge in [-0.05, 0) is 38.0 Å². The molecular weight excluding hydrogens is 358 g/mol. The summed E-state index contributed by atoms with van der Waals surface area (Å²) in [4.78, 5) is 36.9. The number of anilines is 1. The number of hydrogen-bond acceptors (Lipinski definition) is 5. The lowest BCUT2D eigenvalue weighted by molar-refractivity contribution is 0.0744. The van der Waals surface area contributed by atoms with Crippen molar-refractivity contribution in [1.29, 1.82) is 0 Å².